The Labute approximate surface area is 111 Å². The molecule has 0 aliphatic heterocycles. The average Bonchev–Trinajstić information content (AvgIpc) is 2.70. The molecule has 0 spiro atoms. The van der Waals surface area contributed by atoms with Gasteiger partial charge in [-0.1, -0.05) is 24.4 Å². The summed E-state index contributed by atoms with van der Waals surface area (Å²) in [7, 11) is 0. The zero-order valence-corrected chi connectivity index (χ0v) is 11.1. The largest absolute Gasteiger partial charge is 0.389 e. The van der Waals surface area contributed by atoms with Gasteiger partial charge >= 0.3 is 0 Å². The quantitative estimate of drug-likeness (QED) is 0.829. The molecule has 1 fully saturated rings. The minimum Gasteiger partial charge on any atom is -0.389 e. The standard InChI is InChI=1S/C13H17ClN2O2/c1-9-6-10(8-15-12(9)14)16-11(17)7-13(18)4-2-3-5-13/h6,8,18H,2-5,7H2,1H3,(H,16,17). The summed E-state index contributed by atoms with van der Waals surface area (Å²) < 4.78 is 0. The third kappa shape index (κ3) is 3.21. The molecule has 1 saturated carbocycles. The first-order valence-corrected chi connectivity index (χ1v) is 6.51. The number of pyridine rings is 1. The number of hydrogen-bond acceptors (Lipinski definition) is 3. The third-order valence-corrected chi connectivity index (χ3v) is 3.72. The highest BCUT2D eigenvalue weighted by Gasteiger charge is 2.33. The van der Waals surface area contributed by atoms with Crippen LogP contribution in [0.1, 0.15) is 37.7 Å². The van der Waals surface area contributed by atoms with Crippen LogP contribution in [0.2, 0.25) is 5.15 Å². The Kier molecular flexibility index (Phi) is 3.88. The van der Waals surface area contributed by atoms with Crippen LogP contribution in [0.25, 0.3) is 0 Å². The van der Waals surface area contributed by atoms with Crippen molar-refractivity contribution in [2.24, 2.45) is 0 Å². The molecule has 1 amide bonds. The number of halogens is 1. The van der Waals surface area contributed by atoms with E-state index in [1.54, 1.807) is 6.07 Å². The lowest BCUT2D eigenvalue weighted by Crippen LogP contribution is -2.30. The van der Waals surface area contributed by atoms with Crippen molar-refractivity contribution in [2.75, 3.05) is 5.32 Å². The number of anilines is 1. The number of aryl methyl sites for hydroxylation is 1. The number of nitrogens with zero attached hydrogens (tertiary/aromatic N) is 1. The maximum absolute atomic E-state index is 11.8. The van der Waals surface area contributed by atoms with Crippen molar-refractivity contribution in [1.82, 2.24) is 4.98 Å². The monoisotopic (exact) mass is 268 g/mol. The van der Waals surface area contributed by atoms with Crippen LogP contribution in [-0.4, -0.2) is 21.6 Å². The van der Waals surface area contributed by atoms with E-state index in [-0.39, 0.29) is 12.3 Å². The molecule has 0 saturated heterocycles. The fourth-order valence-corrected chi connectivity index (χ4v) is 2.44. The van der Waals surface area contributed by atoms with Crippen LogP contribution in [0, 0.1) is 6.92 Å². The van der Waals surface area contributed by atoms with E-state index in [1.165, 1.54) is 6.20 Å². The highest BCUT2D eigenvalue weighted by atomic mass is 35.5. The Morgan fingerprint density at radius 2 is 2.22 bits per heavy atom. The van der Waals surface area contributed by atoms with Crippen LogP contribution >= 0.6 is 11.6 Å². The van der Waals surface area contributed by atoms with E-state index in [2.05, 4.69) is 10.3 Å². The summed E-state index contributed by atoms with van der Waals surface area (Å²) in [6.45, 7) is 1.83. The van der Waals surface area contributed by atoms with E-state index in [1.807, 2.05) is 6.92 Å². The highest BCUT2D eigenvalue weighted by molar-refractivity contribution is 6.30. The molecule has 2 rings (SSSR count). The SMILES string of the molecule is Cc1cc(NC(=O)CC2(O)CCCC2)cnc1Cl. The molecule has 1 aliphatic rings. The summed E-state index contributed by atoms with van der Waals surface area (Å²) in [6, 6.07) is 1.77. The predicted octanol–water partition coefficient (Wildman–Crippen LogP) is 2.68. The first kappa shape index (κ1) is 13.3. The molecule has 0 bridgehead atoms. The lowest BCUT2D eigenvalue weighted by Gasteiger charge is -2.21. The van der Waals surface area contributed by atoms with Gasteiger partial charge in [0.2, 0.25) is 5.91 Å². The average molecular weight is 269 g/mol. The Morgan fingerprint density at radius 1 is 1.56 bits per heavy atom. The lowest BCUT2D eigenvalue weighted by molar-refractivity contribution is -0.120. The maximum atomic E-state index is 11.8. The number of aliphatic hydroxyl groups is 1. The van der Waals surface area contributed by atoms with Gasteiger partial charge in [-0.05, 0) is 31.4 Å². The molecular weight excluding hydrogens is 252 g/mol. The molecule has 4 nitrogen and oxygen atoms in total. The van der Waals surface area contributed by atoms with E-state index in [0.29, 0.717) is 23.7 Å². The molecule has 1 heterocycles. The normalized spacial score (nSPS) is 17.7. The lowest BCUT2D eigenvalue weighted by atomic mass is 9.97. The topological polar surface area (TPSA) is 62.2 Å². The van der Waals surface area contributed by atoms with E-state index < -0.39 is 5.60 Å². The first-order valence-electron chi connectivity index (χ1n) is 6.13. The highest BCUT2D eigenvalue weighted by Crippen LogP contribution is 2.32. The fourth-order valence-electron chi connectivity index (χ4n) is 2.34. The van der Waals surface area contributed by atoms with Crippen molar-refractivity contribution in [3.8, 4) is 0 Å². The first-order chi connectivity index (χ1) is 8.48. The second kappa shape index (κ2) is 5.24. The number of nitrogens with one attached hydrogen (secondary N) is 1. The van der Waals surface area contributed by atoms with Crippen molar-refractivity contribution in [3.63, 3.8) is 0 Å². The van der Waals surface area contributed by atoms with E-state index in [4.69, 9.17) is 11.6 Å². The number of hydrogen-bond donors (Lipinski definition) is 2. The summed E-state index contributed by atoms with van der Waals surface area (Å²) in [5, 5.41) is 13.3. The predicted molar refractivity (Wildman–Crippen MR) is 70.6 cm³/mol. The van der Waals surface area contributed by atoms with Gasteiger partial charge in [-0.2, -0.15) is 0 Å². The van der Waals surface area contributed by atoms with Gasteiger partial charge < -0.3 is 10.4 Å². The Balaban J connectivity index is 1.96. The second-order valence-corrected chi connectivity index (χ2v) is 5.35. The molecule has 1 aromatic heterocycles. The molecule has 1 aliphatic carbocycles. The zero-order chi connectivity index (χ0) is 13.2. The molecule has 5 heteroatoms. The second-order valence-electron chi connectivity index (χ2n) is 4.99. The summed E-state index contributed by atoms with van der Waals surface area (Å²) in [5.41, 5.74) is 0.608. The number of rotatable bonds is 3. The summed E-state index contributed by atoms with van der Waals surface area (Å²) in [4.78, 5) is 15.8. The molecule has 1 aromatic rings. The van der Waals surface area contributed by atoms with E-state index >= 15 is 0 Å². The molecule has 2 N–H and O–H groups in total. The molecule has 0 unspecified atom stereocenters. The van der Waals surface area contributed by atoms with Gasteiger partial charge in [-0.15, -0.1) is 0 Å². The third-order valence-electron chi connectivity index (χ3n) is 3.32. The Hall–Kier alpha value is -1.13. The molecule has 0 atom stereocenters. The molecule has 18 heavy (non-hydrogen) atoms. The van der Waals surface area contributed by atoms with Crippen LogP contribution in [0.3, 0.4) is 0 Å². The maximum Gasteiger partial charge on any atom is 0.227 e. The summed E-state index contributed by atoms with van der Waals surface area (Å²) in [6.07, 6.45) is 5.06. The minimum atomic E-state index is -0.820. The van der Waals surface area contributed by atoms with Crippen molar-refractivity contribution < 1.29 is 9.90 Å². The van der Waals surface area contributed by atoms with Crippen molar-refractivity contribution in [1.29, 1.82) is 0 Å². The van der Waals surface area contributed by atoms with Crippen molar-refractivity contribution in [3.05, 3.63) is 23.0 Å². The number of aromatic nitrogens is 1. The number of carbonyl (C=O) groups excluding carboxylic acids is 1. The van der Waals surface area contributed by atoms with Gasteiger partial charge in [0.25, 0.3) is 0 Å². The van der Waals surface area contributed by atoms with Gasteiger partial charge in [0.15, 0.2) is 0 Å². The van der Waals surface area contributed by atoms with Gasteiger partial charge in [0, 0.05) is 0 Å². The van der Waals surface area contributed by atoms with E-state index in [9.17, 15) is 9.90 Å². The van der Waals surface area contributed by atoms with Gasteiger partial charge in [0.05, 0.1) is 23.9 Å². The van der Waals surface area contributed by atoms with Crippen LogP contribution in [-0.2, 0) is 4.79 Å². The van der Waals surface area contributed by atoms with Crippen LogP contribution in [0.5, 0.6) is 0 Å². The van der Waals surface area contributed by atoms with Crippen LogP contribution in [0.15, 0.2) is 12.3 Å². The van der Waals surface area contributed by atoms with Gasteiger partial charge in [0.1, 0.15) is 5.15 Å². The van der Waals surface area contributed by atoms with Crippen molar-refractivity contribution >= 4 is 23.2 Å². The number of carbonyl (C=O) groups is 1. The molecule has 0 aromatic carbocycles. The zero-order valence-electron chi connectivity index (χ0n) is 10.4. The van der Waals surface area contributed by atoms with Crippen molar-refractivity contribution in [2.45, 2.75) is 44.6 Å². The minimum absolute atomic E-state index is 0.147. The Morgan fingerprint density at radius 3 is 2.83 bits per heavy atom. The number of amides is 1. The van der Waals surface area contributed by atoms with E-state index in [0.717, 1.165) is 18.4 Å². The smallest absolute Gasteiger partial charge is 0.227 e. The molecule has 98 valence electrons. The molecule has 0 radical (unpaired) electrons. The van der Waals surface area contributed by atoms with Crippen LogP contribution in [0.4, 0.5) is 5.69 Å². The van der Waals surface area contributed by atoms with Gasteiger partial charge in [-0.3, -0.25) is 4.79 Å². The van der Waals surface area contributed by atoms with Gasteiger partial charge in [-0.25, -0.2) is 4.98 Å². The molecular formula is C13H17ClN2O2. The summed E-state index contributed by atoms with van der Waals surface area (Å²) in [5.74, 6) is -0.178. The fraction of sp³-hybridized carbons (Fsp3) is 0.538. The summed E-state index contributed by atoms with van der Waals surface area (Å²) >= 11 is 5.81. The van der Waals surface area contributed by atoms with Crippen LogP contribution < -0.4 is 5.32 Å². The Bertz CT molecular complexity index is 456.